The number of nitrogens with zero attached hydrogens (tertiary/aromatic N) is 1. The predicted molar refractivity (Wildman–Crippen MR) is 52.5 cm³/mol. The molecule has 1 amide bonds. The van der Waals surface area contributed by atoms with Gasteiger partial charge < -0.3 is 10.3 Å². The standard InChI is InChI=1S/C8H12N2O4S/c1-5-3-7(14-10-5)4-15(12,13)6(2)8(9)11/h3,6H,4H2,1-2H3,(H2,9,11). The van der Waals surface area contributed by atoms with Crippen LogP contribution in [0.25, 0.3) is 0 Å². The lowest BCUT2D eigenvalue weighted by molar-refractivity contribution is -0.117. The Kier molecular flexibility index (Phi) is 3.13. The lowest BCUT2D eigenvalue weighted by atomic mass is 10.4. The van der Waals surface area contributed by atoms with Crippen LogP contribution in [-0.2, 0) is 20.4 Å². The van der Waals surface area contributed by atoms with Gasteiger partial charge in [0, 0.05) is 6.07 Å². The number of primary amides is 1. The summed E-state index contributed by atoms with van der Waals surface area (Å²) in [6.45, 7) is 2.93. The van der Waals surface area contributed by atoms with Gasteiger partial charge in [-0.2, -0.15) is 0 Å². The van der Waals surface area contributed by atoms with Gasteiger partial charge in [-0.15, -0.1) is 0 Å². The predicted octanol–water partition coefficient (Wildman–Crippen LogP) is -0.228. The Labute approximate surface area is 87.3 Å². The Bertz CT molecular complexity index is 463. The fourth-order valence-electron chi connectivity index (χ4n) is 0.985. The van der Waals surface area contributed by atoms with Crippen LogP contribution in [0, 0.1) is 6.92 Å². The van der Waals surface area contributed by atoms with E-state index in [2.05, 4.69) is 5.16 Å². The van der Waals surface area contributed by atoms with E-state index in [-0.39, 0.29) is 11.5 Å². The van der Waals surface area contributed by atoms with E-state index in [9.17, 15) is 13.2 Å². The van der Waals surface area contributed by atoms with Crippen molar-refractivity contribution in [2.75, 3.05) is 0 Å². The summed E-state index contributed by atoms with van der Waals surface area (Å²) in [7, 11) is -3.61. The highest BCUT2D eigenvalue weighted by molar-refractivity contribution is 7.92. The van der Waals surface area contributed by atoms with Gasteiger partial charge in [-0.1, -0.05) is 5.16 Å². The molecule has 0 bridgehead atoms. The minimum absolute atomic E-state index is 0.209. The van der Waals surface area contributed by atoms with E-state index in [0.717, 1.165) is 0 Å². The summed E-state index contributed by atoms with van der Waals surface area (Å²) in [6.07, 6.45) is 0. The first-order valence-corrected chi connectivity index (χ1v) is 5.97. The molecular weight excluding hydrogens is 220 g/mol. The van der Waals surface area contributed by atoms with Crippen molar-refractivity contribution in [1.82, 2.24) is 5.16 Å². The Balaban J connectivity index is 2.86. The van der Waals surface area contributed by atoms with Crippen molar-refractivity contribution in [3.05, 3.63) is 17.5 Å². The maximum absolute atomic E-state index is 11.6. The first kappa shape index (κ1) is 11.7. The average molecular weight is 232 g/mol. The van der Waals surface area contributed by atoms with Crippen molar-refractivity contribution < 1.29 is 17.7 Å². The summed E-state index contributed by atoms with van der Waals surface area (Å²) in [5.41, 5.74) is 5.51. The Morgan fingerprint density at radius 3 is 2.67 bits per heavy atom. The number of aromatic nitrogens is 1. The molecule has 0 aliphatic heterocycles. The van der Waals surface area contributed by atoms with Gasteiger partial charge in [0.25, 0.3) is 0 Å². The number of hydrogen-bond donors (Lipinski definition) is 1. The van der Waals surface area contributed by atoms with Crippen LogP contribution in [0.3, 0.4) is 0 Å². The molecule has 0 aromatic carbocycles. The molecule has 0 saturated carbocycles. The lowest BCUT2D eigenvalue weighted by Crippen LogP contribution is -2.33. The number of rotatable bonds is 4. The Morgan fingerprint density at radius 2 is 2.27 bits per heavy atom. The number of aryl methyl sites for hydroxylation is 1. The number of carbonyl (C=O) groups is 1. The molecule has 2 N–H and O–H groups in total. The zero-order valence-electron chi connectivity index (χ0n) is 8.43. The van der Waals surface area contributed by atoms with Gasteiger partial charge in [-0.25, -0.2) is 8.42 Å². The van der Waals surface area contributed by atoms with Crippen LogP contribution in [0.4, 0.5) is 0 Å². The second kappa shape index (κ2) is 4.01. The molecule has 1 atom stereocenters. The van der Waals surface area contributed by atoms with Gasteiger partial charge >= 0.3 is 0 Å². The molecule has 0 fully saturated rings. The second-order valence-corrected chi connectivity index (χ2v) is 5.61. The van der Waals surface area contributed by atoms with Crippen LogP contribution < -0.4 is 5.73 Å². The molecule has 84 valence electrons. The minimum Gasteiger partial charge on any atom is -0.369 e. The van der Waals surface area contributed by atoms with Crippen LogP contribution in [-0.4, -0.2) is 24.7 Å². The van der Waals surface area contributed by atoms with Gasteiger partial charge in [-0.3, -0.25) is 4.79 Å². The maximum Gasteiger partial charge on any atom is 0.235 e. The summed E-state index contributed by atoms with van der Waals surface area (Å²) < 4.78 is 27.9. The van der Waals surface area contributed by atoms with E-state index >= 15 is 0 Å². The molecular formula is C8H12N2O4S. The van der Waals surface area contributed by atoms with Gasteiger partial charge in [0.2, 0.25) is 5.91 Å². The van der Waals surface area contributed by atoms with Crippen molar-refractivity contribution in [3.63, 3.8) is 0 Å². The first-order chi connectivity index (χ1) is 6.83. The molecule has 0 saturated heterocycles. The summed E-state index contributed by atoms with van der Waals surface area (Å²) in [5.74, 6) is -1.02. The summed E-state index contributed by atoms with van der Waals surface area (Å²) >= 11 is 0. The topological polar surface area (TPSA) is 103 Å². The fraction of sp³-hybridized carbons (Fsp3) is 0.500. The van der Waals surface area contributed by atoms with E-state index in [1.165, 1.54) is 13.0 Å². The van der Waals surface area contributed by atoms with Crippen molar-refractivity contribution in [1.29, 1.82) is 0 Å². The van der Waals surface area contributed by atoms with Crippen LogP contribution in [0.15, 0.2) is 10.6 Å². The monoisotopic (exact) mass is 232 g/mol. The van der Waals surface area contributed by atoms with Gasteiger partial charge in [0.05, 0.1) is 5.69 Å². The molecule has 0 aliphatic carbocycles. The molecule has 7 heteroatoms. The lowest BCUT2D eigenvalue weighted by Gasteiger charge is -2.06. The van der Waals surface area contributed by atoms with Crippen molar-refractivity contribution in [3.8, 4) is 0 Å². The third-order valence-electron chi connectivity index (χ3n) is 1.96. The van der Waals surface area contributed by atoms with Crippen molar-refractivity contribution in [2.24, 2.45) is 5.73 Å². The van der Waals surface area contributed by atoms with E-state index in [4.69, 9.17) is 10.3 Å². The highest BCUT2D eigenvalue weighted by Gasteiger charge is 2.27. The third kappa shape index (κ3) is 2.79. The number of hydrogen-bond acceptors (Lipinski definition) is 5. The maximum atomic E-state index is 11.6. The number of amides is 1. The van der Waals surface area contributed by atoms with E-state index in [1.54, 1.807) is 6.92 Å². The second-order valence-electron chi connectivity index (χ2n) is 3.29. The zero-order valence-corrected chi connectivity index (χ0v) is 9.24. The molecule has 1 heterocycles. The SMILES string of the molecule is Cc1cc(CS(=O)(=O)C(C)C(N)=O)on1. The average Bonchev–Trinajstić information content (AvgIpc) is 2.48. The van der Waals surface area contributed by atoms with Crippen LogP contribution in [0.1, 0.15) is 18.4 Å². The van der Waals surface area contributed by atoms with Gasteiger partial charge in [0.1, 0.15) is 11.0 Å². The first-order valence-electron chi connectivity index (χ1n) is 4.26. The number of carbonyl (C=O) groups excluding carboxylic acids is 1. The summed E-state index contributed by atoms with van der Waals surface area (Å²) in [4.78, 5) is 10.7. The van der Waals surface area contributed by atoms with Gasteiger partial charge in [0.15, 0.2) is 15.6 Å². The molecule has 15 heavy (non-hydrogen) atoms. The zero-order chi connectivity index (χ0) is 11.6. The normalized spacial score (nSPS) is 13.7. The molecule has 0 spiro atoms. The van der Waals surface area contributed by atoms with E-state index < -0.39 is 21.0 Å². The van der Waals surface area contributed by atoms with E-state index in [1.807, 2.05) is 0 Å². The highest BCUT2D eigenvalue weighted by atomic mass is 32.2. The van der Waals surface area contributed by atoms with Crippen molar-refractivity contribution in [2.45, 2.75) is 24.9 Å². The highest BCUT2D eigenvalue weighted by Crippen LogP contribution is 2.11. The largest absolute Gasteiger partial charge is 0.369 e. The number of nitrogens with two attached hydrogens (primary N) is 1. The summed E-state index contributed by atoms with van der Waals surface area (Å²) in [5, 5.41) is 2.33. The minimum atomic E-state index is -3.61. The van der Waals surface area contributed by atoms with Crippen molar-refractivity contribution >= 4 is 15.7 Å². The third-order valence-corrected chi connectivity index (χ3v) is 3.96. The van der Waals surface area contributed by atoms with E-state index in [0.29, 0.717) is 5.69 Å². The smallest absolute Gasteiger partial charge is 0.235 e. The summed E-state index contributed by atoms with van der Waals surface area (Å²) in [6, 6.07) is 1.51. The van der Waals surface area contributed by atoms with Crippen LogP contribution in [0.2, 0.25) is 0 Å². The molecule has 1 unspecified atom stereocenters. The quantitative estimate of drug-likeness (QED) is 0.772. The van der Waals surface area contributed by atoms with Crippen LogP contribution >= 0.6 is 0 Å². The Morgan fingerprint density at radius 1 is 1.67 bits per heavy atom. The molecule has 6 nitrogen and oxygen atoms in total. The Hall–Kier alpha value is -1.37. The van der Waals surface area contributed by atoms with Gasteiger partial charge in [-0.05, 0) is 13.8 Å². The molecule has 1 rings (SSSR count). The molecule has 0 aliphatic rings. The fourth-order valence-corrected chi connectivity index (χ4v) is 2.12. The molecule has 0 radical (unpaired) electrons. The van der Waals surface area contributed by atoms with Crippen LogP contribution in [0.5, 0.6) is 0 Å². The molecule has 1 aromatic rings. The number of sulfone groups is 1. The molecule has 1 aromatic heterocycles.